The zero-order valence-electron chi connectivity index (χ0n) is 10.5. The van der Waals surface area contributed by atoms with Crippen molar-refractivity contribution in [1.29, 1.82) is 0 Å². The number of halogens is 1. The summed E-state index contributed by atoms with van der Waals surface area (Å²) in [7, 11) is 1.56. The van der Waals surface area contributed by atoms with Crippen LogP contribution in [-0.2, 0) is 0 Å². The Kier molecular flexibility index (Phi) is 5.29. The Labute approximate surface area is 107 Å². The maximum atomic E-state index is 11.9. The Hall–Kier alpha value is -1.22. The molecule has 1 aromatic rings. The Morgan fingerprint density at radius 3 is 2.76 bits per heavy atom. The van der Waals surface area contributed by atoms with Gasteiger partial charge in [-0.05, 0) is 31.0 Å². The summed E-state index contributed by atoms with van der Waals surface area (Å²) in [4.78, 5) is 11.9. The number of carbonyl (C=O) groups is 1. The van der Waals surface area contributed by atoms with Gasteiger partial charge in [-0.15, -0.1) is 0 Å². The molecule has 0 bridgehead atoms. The van der Waals surface area contributed by atoms with Gasteiger partial charge < -0.3 is 10.1 Å². The summed E-state index contributed by atoms with van der Waals surface area (Å²) in [5.74, 6) is 0.509. The smallest absolute Gasteiger partial charge is 0.251 e. The molecule has 1 rings (SSSR count). The fraction of sp³-hybridized carbons (Fsp3) is 0.462. The molecule has 1 N–H and O–H groups in total. The maximum Gasteiger partial charge on any atom is 0.251 e. The zero-order valence-corrected chi connectivity index (χ0v) is 11.2. The van der Waals surface area contributed by atoms with Crippen molar-refractivity contribution in [3.05, 3.63) is 28.3 Å². The van der Waals surface area contributed by atoms with E-state index >= 15 is 0 Å². The van der Waals surface area contributed by atoms with E-state index in [4.69, 9.17) is 16.3 Å². The van der Waals surface area contributed by atoms with Crippen LogP contribution >= 0.6 is 11.6 Å². The molecule has 0 unspecified atom stereocenters. The van der Waals surface area contributed by atoms with Crippen molar-refractivity contribution >= 4 is 17.5 Å². The monoisotopic (exact) mass is 255 g/mol. The van der Waals surface area contributed by atoms with Crippen molar-refractivity contribution in [1.82, 2.24) is 5.32 Å². The topological polar surface area (TPSA) is 38.3 Å². The molecule has 0 aromatic heterocycles. The van der Waals surface area contributed by atoms with Crippen LogP contribution in [0.1, 0.15) is 35.7 Å². The second-order valence-electron chi connectivity index (χ2n) is 3.91. The third-order valence-corrected chi connectivity index (χ3v) is 2.85. The Morgan fingerprint density at radius 1 is 1.47 bits per heavy atom. The third kappa shape index (κ3) is 3.63. The number of hydrogen-bond acceptors (Lipinski definition) is 2. The van der Waals surface area contributed by atoms with Crippen molar-refractivity contribution in [3.8, 4) is 5.75 Å². The molecule has 1 amide bonds. The molecule has 0 spiro atoms. The van der Waals surface area contributed by atoms with E-state index in [9.17, 15) is 4.79 Å². The number of aryl methyl sites for hydroxylation is 1. The van der Waals surface area contributed by atoms with Crippen molar-refractivity contribution in [2.45, 2.75) is 26.7 Å². The number of hydrogen-bond donors (Lipinski definition) is 1. The highest BCUT2D eigenvalue weighted by Crippen LogP contribution is 2.27. The lowest BCUT2D eigenvalue weighted by Crippen LogP contribution is -2.25. The zero-order chi connectivity index (χ0) is 12.8. The van der Waals surface area contributed by atoms with Gasteiger partial charge in [-0.1, -0.05) is 24.9 Å². The van der Waals surface area contributed by atoms with Gasteiger partial charge in [0.2, 0.25) is 0 Å². The molecule has 17 heavy (non-hydrogen) atoms. The molecule has 0 atom stereocenters. The standard InChI is InChI=1S/C13H18ClNO2/c1-4-5-6-15-13(16)10-8-11(14)12(17-3)7-9(10)2/h7-8H,4-6H2,1-3H3,(H,15,16). The van der Waals surface area contributed by atoms with Crippen molar-refractivity contribution in [2.24, 2.45) is 0 Å². The molecule has 0 aliphatic heterocycles. The number of nitrogens with one attached hydrogen (secondary N) is 1. The number of amides is 1. The maximum absolute atomic E-state index is 11.9. The quantitative estimate of drug-likeness (QED) is 0.821. The molecular weight excluding hydrogens is 238 g/mol. The van der Waals surface area contributed by atoms with E-state index < -0.39 is 0 Å². The minimum absolute atomic E-state index is 0.0829. The van der Waals surface area contributed by atoms with Gasteiger partial charge in [0.05, 0.1) is 12.1 Å². The van der Waals surface area contributed by atoms with Crippen LogP contribution in [0.5, 0.6) is 5.75 Å². The number of methoxy groups -OCH3 is 1. The molecule has 3 nitrogen and oxygen atoms in total. The summed E-state index contributed by atoms with van der Waals surface area (Å²) in [5, 5.41) is 3.32. The van der Waals surface area contributed by atoms with Crippen LogP contribution in [-0.4, -0.2) is 19.6 Å². The summed E-state index contributed by atoms with van der Waals surface area (Å²) in [6.45, 7) is 4.65. The lowest BCUT2D eigenvalue weighted by Gasteiger charge is -2.10. The van der Waals surface area contributed by atoms with Crippen LogP contribution in [0.15, 0.2) is 12.1 Å². The van der Waals surface area contributed by atoms with Gasteiger partial charge in [-0.2, -0.15) is 0 Å². The predicted molar refractivity (Wildman–Crippen MR) is 70.0 cm³/mol. The molecule has 0 radical (unpaired) electrons. The first-order valence-electron chi connectivity index (χ1n) is 5.72. The van der Waals surface area contributed by atoms with E-state index in [1.54, 1.807) is 19.2 Å². The van der Waals surface area contributed by atoms with E-state index in [1.165, 1.54) is 0 Å². The first-order valence-corrected chi connectivity index (χ1v) is 6.10. The highest BCUT2D eigenvalue weighted by atomic mass is 35.5. The fourth-order valence-corrected chi connectivity index (χ4v) is 1.77. The van der Waals surface area contributed by atoms with Crippen molar-refractivity contribution < 1.29 is 9.53 Å². The minimum Gasteiger partial charge on any atom is -0.495 e. The lowest BCUT2D eigenvalue weighted by molar-refractivity contribution is 0.0952. The van der Waals surface area contributed by atoms with Crippen LogP contribution in [0.3, 0.4) is 0 Å². The average molecular weight is 256 g/mol. The number of unbranched alkanes of at least 4 members (excludes halogenated alkanes) is 1. The van der Waals surface area contributed by atoms with Gasteiger partial charge in [-0.3, -0.25) is 4.79 Å². The van der Waals surface area contributed by atoms with Crippen molar-refractivity contribution in [3.63, 3.8) is 0 Å². The van der Waals surface area contributed by atoms with Crippen molar-refractivity contribution in [2.75, 3.05) is 13.7 Å². The number of ether oxygens (including phenoxy) is 1. The second kappa shape index (κ2) is 6.50. The summed E-state index contributed by atoms with van der Waals surface area (Å²) < 4.78 is 5.10. The molecule has 4 heteroatoms. The van der Waals surface area contributed by atoms with Gasteiger partial charge in [0, 0.05) is 12.1 Å². The van der Waals surface area contributed by atoms with E-state index in [1.807, 2.05) is 6.92 Å². The number of benzene rings is 1. The van der Waals surface area contributed by atoms with Crippen LogP contribution in [0.2, 0.25) is 5.02 Å². The van der Waals surface area contributed by atoms with Gasteiger partial charge >= 0.3 is 0 Å². The first-order chi connectivity index (χ1) is 8.10. The van der Waals surface area contributed by atoms with Gasteiger partial charge in [0.15, 0.2) is 0 Å². The molecule has 0 aliphatic carbocycles. The Morgan fingerprint density at radius 2 is 2.18 bits per heavy atom. The van der Waals surface area contributed by atoms with Gasteiger partial charge in [-0.25, -0.2) is 0 Å². The number of carbonyl (C=O) groups excluding carboxylic acids is 1. The highest BCUT2D eigenvalue weighted by Gasteiger charge is 2.12. The van der Waals surface area contributed by atoms with Gasteiger partial charge in [0.1, 0.15) is 5.75 Å². The largest absolute Gasteiger partial charge is 0.495 e. The summed E-state index contributed by atoms with van der Waals surface area (Å²) >= 11 is 6.00. The number of rotatable bonds is 5. The first kappa shape index (κ1) is 13.8. The minimum atomic E-state index is -0.0829. The summed E-state index contributed by atoms with van der Waals surface area (Å²) in [6.07, 6.45) is 2.04. The average Bonchev–Trinajstić information content (AvgIpc) is 2.31. The Bertz CT molecular complexity index is 405. The van der Waals surface area contributed by atoms with E-state index in [0.717, 1.165) is 18.4 Å². The SMILES string of the molecule is CCCCNC(=O)c1cc(Cl)c(OC)cc1C. The normalized spacial score (nSPS) is 10.1. The summed E-state index contributed by atoms with van der Waals surface area (Å²) in [6, 6.07) is 3.42. The molecule has 1 aromatic carbocycles. The molecule has 0 heterocycles. The molecular formula is C13H18ClNO2. The van der Waals surface area contributed by atoms with E-state index in [2.05, 4.69) is 12.2 Å². The lowest BCUT2D eigenvalue weighted by atomic mass is 10.1. The highest BCUT2D eigenvalue weighted by molar-refractivity contribution is 6.32. The molecule has 0 saturated carbocycles. The van der Waals surface area contributed by atoms with Crippen LogP contribution in [0, 0.1) is 6.92 Å². The predicted octanol–water partition coefficient (Wildman–Crippen LogP) is 3.19. The summed E-state index contributed by atoms with van der Waals surface area (Å²) in [5.41, 5.74) is 1.46. The third-order valence-electron chi connectivity index (χ3n) is 2.56. The molecule has 0 fully saturated rings. The van der Waals surface area contributed by atoms with Gasteiger partial charge in [0.25, 0.3) is 5.91 Å². The fourth-order valence-electron chi connectivity index (χ4n) is 1.53. The molecule has 0 saturated heterocycles. The van der Waals surface area contributed by atoms with Crippen LogP contribution in [0.25, 0.3) is 0 Å². The second-order valence-corrected chi connectivity index (χ2v) is 4.32. The van der Waals surface area contributed by atoms with E-state index in [0.29, 0.717) is 22.9 Å². The van der Waals surface area contributed by atoms with E-state index in [-0.39, 0.29) is 5.91 Å². The van der Waals surface area contributed by atoms with Crippen LogP contribution in [0.4, 0.5) is 0 Å². The molecule has 0 aliphatic rings. The Balaban J connectivity index is 2.83. The van der Waals surface area contributed by atoms with Crippen LogP contribution < -0.4 is 10.1 Å². The molecule has 94 valence electrons.